The summed E-state index contributed by atoms with van der Waals surface area (Å²) in [6.07, 6.45) is 5.07. The Balaban J connectivity index is 1.45. The number of carbonyl (C=O) groups is 1. The molecule has 1 aliphatic heterocycles. The Bertz CT molecular complexity index is 491. The number of likely N-dealkylation sites (tertiary alicyclic amines) is 1. The number of nitrogens with zero attached hydrogens (tertiary/aromatic N) is 1. The lowest BCUT2D eigenvalue weighted by Crippen LogP contribution is -2.45. The van der Waals surface area contributed by atoms with Gasteiger partial charge in [-0.3, -0.25) is 9.69 Å². The van der Waals surface area contributed by atoms with Gasteiger partial charge in [0.05, 0.1) is 0 Å². The lowest BCUT2D eigenvalue weighted by atomic mass is 10.0. The number of carbonyl (C=O) groups excluding carboxylic acids is 1. The minimum atomic E-state index is 0.193. The van der Waals surface area contributed by atoms with E-state index < -0.39 is 0 Å². The van der Waals surface area contributed by atoms with Gasteiger partial charge in [0.1, 0.15) is 0 Å². The van der Waals surface area contributed by atoms with Crippen molar-refractivity contribution in [2.45, 2.75) is 31.2 Å². The van der Waals surface area contributed by atoms with Crippen LogP contribution >= 0.6 is 0 Å². The van der Waals surface area contributed by atoms with Crippen molar-refractivity contribution >= 4 is 5.91 Å². The van der Waals surface area contributed by atoms with E-state index in [4.69, 9.17) is 0 Å². The molecule has 3 rings (SSSR count). The molecule has 112 valence electrons. The fourth-order valence-electron chi connectivity index (χ4n) is 3.30. The second-order valence-electron chi connectivity index (χ2n) is 6.23. The Morgan fingerprint density at radius 1 is 1.29 bits per heavy atom. The molecule has 0 spiro atoms. The van der Waals surface area contributed by atoms with Gasteiger partial charge in [0.15, 0.2) is 0 Å². The van der Waals surface area contributed by atoms with E-state index in [1.807, 2.05) is 12.1 Å². The first-order valence-electron chi connectivity index (χ1n) is 7.96. The first-order chi connectivity index (χ1) is 10.3. The van der Waals surface area contributed by atoms with Crippen molar-refractivity contribution in [3.63, 3.8) is 0 Å². The van der Waals surface area contributed by atoms with Crippen molar-refractivity contribution in [1.29, 1.82) is 0 Å². The summed E-state index contributed by atoms with van der Waals surface area (Å²) in [5.41, 5.74) is 1.30. The van der Waals surface area contributed by atoms with Gasteiger partial charge < -0.3 is 5.32 Å². The number of rotatable bonds is 5. The first kappa shape index (κ1) is 14.3. The van der Waals surface area contributed by atoms with E-state index in [0.29, 0.717) is 12.0 Å². The van der Waals surface area contributed by atoms with Crippen LogP contribution in [0.15, 0.2) is 43.0 Å². The highest BCUT2D eigenvalue weighted by atomic mass is 16.2. The summed E-state index contributed by atoms with van der Waals surface area (Å²) < 4.78 is 0. The highest BCUT2D eigenvalue weighted by Gasteiger charge is 2.44. The lowest BCUT2D eigenvalue weighted by molar-refractivity contribution is -0.123. The standard InChI is InChI=1S/C18H24N2O/c1-2-10-20-11-8-15(9-12-20)19-18(21)17-13-16(17)14-6-4-3-5-7-14/h2-7,15-17H,1,8-13H2,(H,19,21)/t16-,17+/m0/s1. The Kier molecular flexibility index (Phi) is 4.39. The van der Waals surface area contributed by atoms with E-state index in [1.165, 1.54) is 5.56 Å². The number of piperidine rings is 1. The van der Waals surface area contributed by atoms with Crippen LogP contribution < -0.4 is 5.32 Å². The maximum Gasteiger partial charge on any atom is 0.223 e. The van der Waals surface area contributed by atoms with Crippen molar-refractivity contribution in [3.05, 3.63) is 48.6 Å². The fourth-order valence-corrected chi connectivity index (χ4v) is 3.30. The van der Waals surface area contributed by atoms with Gasteiger partial charge in [0, 0.05) is 31.6 Å². The summed E-state index contributed by atoms with van der Waals surface area (Å²) in [5, 5.41) is 3.25. The fraction of sp³-hybridized carbons (Fsp3) is 0.500. The molecule has 3 nitrogen and oxygen atoms in total. The van der Waals surface area contributed by atoms with Crippen molar-refractivity contribution < 1.29 is 4.79 Å². The Morgan fingerprint density at radius 3 is 2.67 bits per heavy atom. The minimum absolute atomic E-state index is 0.193. The maximum atomic E-state index is 12.3. The topological polar surface area (TPSA) is 32.3 Å². The second kappa shape index (κ2) is 6.44. The van der Waals surface area contributed by atoms with E-state index in [9.17, 15) is 4.79 Å². The molecule has 0 aromatic heterocycles. The first-order valence-corrected chi connectivity index (χ1v) is 7.96. The summed E-state index contributed by atoms with van der Waals surface area (Å²) in [7, 11) is 0. The van der Waals surface area contributed by atoms with Crippen LogP contribution in [0, 0.1) is 5.92 Å². The molecule has 1 saturated heterocycles. The second-order valence-corrected chi connectivity index (χ2v) is 6.23. The van der Waals surface area contributed by atoms with Crippen LogP contribution in [0.25, 0.3) is 0 Å². The van der Waals surface area contributed by atoms with Gasteiger partial charge >= 0.3 is 0 Å². The summed E-state index contributed by atoms with van der Waals surface area (Å²) in [4.78, 5) is 14.7. The van der Waals surface area contributed by atoms with Gasteiger partial charge in [-0.25, -0.2) is 0 Å². The van der Waals surface area contributed by atoms with Crippen LogP contribution in [0.3, 0.4) is 0 Å². The summed E-state index contributed by atoms with van der Waals surface area (Å²) in [6.45, 7) is 6.86. The van der Waals surface area contributed by atoms with Crippen molar-refractivity contribution in [3.8, 4) is 0 Å². The molecule has 1 aromatic carbocycles. The summed E-state index contributed by atoms with van der Waals surface area (Å²) >= 11 is 0. The van der Waals surface area contributed by atoms with E-state index in [0.717, 1.165) is 38.9 Å². The molecule has 2 fully saturated rings. The third-order valence-corrected chi connectivity index (χ3v) is 4.68. The van der Waals surface area contributed by atoms with E-state index in [2.05, 4.69) is 41.1 Å². The van der Waals surface area contributed by atoms with Crippen LogP contribution in [0.1, 0.15) is 30.7 Å². The molecule has 1 aliphatic carbocycles. The lowest BCUT2D eigenvalue weighted by Gasteiger charge is -2.31. The van der Waals surface area contributed by atoms with Crippen molar-refractivity contribution in [2.24, 2.45) is 5.92 Å². The molecule has 1 heterocycles. The number of nitrogens with one attached hydrogen (secondary N) is 1. The maximum absolute atomic E-state index is 12.3. The molecule has 0 unspecified atom stereocenters. The number of hydrogen-bond acceptors (Lipinski definition) is 2. The molecular formula is C18H24N2O. The Labute approximate surface area is 127 Å². The van der Waals surface area contributed by atoms with Gasteiger partial charge in [0.25, 0.3) is 0 Å². The quantitative estimate of drug-likeness (QED) is 0.843. The SMILES string of the molecule is C=CCN1CCC(NC(=O)[C@@H]2C[C@H]2c2ccccc2)CC1. The van der Waals surface area contributed by atoms with Crippen LogP contribution in [0.5, 0.6) is 0 Å². The normalized spacial score (nSPS) is 26.3. The van der Waals surface area contributed by atoms with Crippen LogP contribution in [-0.2, 0) is 4.79 Å². The molecule has 1 aromatic rings. The molecule has 2 atom stereocenters. The molecular weight excluding hydrogens is 260 g/mol. The predicted octanol–water partition coefficient (Wildman–Crippen LogP) is 2.56. The van der Waals surface area contributed by atoms with Crippen molar-refractivity contribution in [2.75, 3.05) is 19.6 Å². The number of hydrogen-bond donors (Lipinski definition) is 1. The van der Waals surface area contributed by atoms with Crippen LogP contribution in [0.2, 0.25) is 0 Å². The zero-order chi connectivity index (χ0) is 14.7. The molecule has 1 N–H and O–H groups in total. The third-order valence-electron chi connectivity index (χ3n) is 4.68. The van der Waals surface area contributed by atoms with Crippen molar-refractivity contribution in [1.82, 2.24) is 10.2 Å². The highest BCUT2D eigenvalue weighted by molar-refractivity contribution is 5.83. The van der Waals surface area contributed by atoms with Gasteiger partial charge in [0.2, 0.25) is 5.91 Å². The van der Waals surface area contributed by atoms with Gasteiger partial charge in [-0.2, -0.15) is 0 Å². The monoisotopic (exact) mass is 284 g/mol. The molecule has 0 radical (unpaired) electrons. The Morgan fingerprint density at radius 2 is 2.00 bits per heavy atom. The smallest absolute Gasteiger partial charge is 0.223 e. The zero-order valence-corrected chi connectivity index (χ0v) is 12.5. The van der Waals surface area contributed by atoms with Crippen LogP contribution in [-0.4, -0.2) is 36.5 Å². The molecule has 3 heteroatoms. The zero-order valence-electron chi connectivity index (χ0n) is 12.5. The van der Waals surface area contributed by atoms with Gasteiger partial charge in [-0.15, -0.1) is 6.58 Å². The Hall–Kier alpha value is -1.61. The van der Waals surface area contributed by atoms with E-state index >= 15 is 0 Å². The van der Waals surface area contributed by atoms with Gasteiger partial charge in [-0.05, 0) is 30.7 Å². The summed E-state index contributed by atoms with van der Waals surface area (Å²) in [5.74, 6) is 0.886. The summed E-state index contributed by atoms with van der Waals surface area (Å²) in [6, 6.07) is 10.8. The third kappa shape index (κ3) is 3.53. The van der Waals surface area contributed by atoms with E-state index in [-0.39, 0.29) is 11.8 Å². The van der Waals surface area contributed by atoms with Crippen LogP contribution in [0.4, 0.5) is 0 Å². The molecule has 0 bridgehead atoms. The largest absolute Gasteiger partial charge is 0.353 e. The molecule has 1 saturated carbocycles. The number of benzene rings is 1. The molecule has 2 aliphatic rings. The molecule has 21 heavy (non-hydrogen) atoms. The average Bonchev–Trinajstić information content (AvgIpc) is 3.31. The van der Waals surface area contributed by atoms with E-state index in [1.54, 1.807) is 0 Å². The number of amides is 1. The molecule has 1 amide bonds. The van der Waals surface area contributed by atoms with Gasteiger partial charge in [-0.1, -0.05) is 36.4 Å². The minimum Gasteiger partial charge on any atom is -0.353 e. The average molecular weight is 284 g/mol. The predicted molar refractivity (Wildman–Crippen MR) is 85.1 cm³/mol. The highest BCUT2D eigenvalue weighted by Crippen LogP contribution is 2.47.